The highest BCUT2D eigenvalue weighted by Crippen LogP contribution is 2.47. The predicted octanol–water partition coefficient (Wildman–Crippen LogP) is 5.36. The minimum absolute atomic E-state index is 0.174. The van der Waals surface area contributed by atoms with E-state index in [0.29, 0.717) is 33.2 Å². The number of phenolic OH excluding ortho intramolecular Hbond substituents is 1. The number of benzene rings is 2. The van der Waals surface area contributed by atoms with Gasteiger partial charge in [0.15, 0.2) is 0 Å². The first-order chi connectivity index (χ1) is 15.6. The lowest BCUT2D eigenvalue weighted by atomic mass is 9.89. The van der Waals surface area contributed by atoms with Gasteiger partial charge in [-0.3, -0.25) is 9.88 Å². The van der Waals surface area contributed by atoms with Crippen molar-refractivity contribution >= 4 is 27.7 Å². The number of esters is 1. The maximum atomic E-state index is 13.0. The maximum absolute atomic E-state index is 13.0. The molecule has 3 heterocycles. The number of carbonyl (C=O) groups excluding carboxylic acids is 1. The van der Waals surface area contributed by atoms with Crippen LogP contribution in [0.3, 0.4) is 0 Å². The molecule has 0 spiro atoms. The Morgan fingerprint density at radius 3 is 2.53 bits per heavy atom. The van der Waals surface area contributed by atoms with Gasteiger partial charge in [-0.25, -0.2) is 4.79 Å². The number of aromatic nitrogens is 1. The highest BCUT2D eigenvalue weighted by molar-refractivity contribution is 6.16. The van der Waals surface area contributed by atoms with Crippen molar-refractivity contribution in [1.29, 1.82) is 0 Å². The molecule has 1 fully saturated rings. The van der Waals surface area contributed by atoms with Crippen LogP contribution in [0.4, 0.5) is 0 Å². The molecule has 2 aromatic heterocycles. The molecule has 1 aliphatic heterocycles. The molecule has 5 rings (SSSR count). The standard InChI is InChI=1S/C26H26N2O4/c1-3-31-26(30)20-16(2)32-25-19-9-5-4-8-18(19)24(29)22(21(20)25)23(28-14-6-7-15-28)17-10-12-27-13-11-17/h4-5,8-13,23,29H,3,6-7,14-15H2,1-2H3. The van der Waals surface area contributed by atoms with Crippen LogP contribution in [0.25, 0.3) is 21.7 Å². The quantitative estimate of drug-likeness (QED) is 0.430. The first kappa shape index (κ1) is 20.5. The summed E-state index contributed by atoms with van der Waals surface area (Å²) in [6, 6.07) is 11.3. The molecule has 4 aromatic rings. The van der Waals surface area contributed by atoms with Crippen molar-refractivity contribution in [3.05, 3.63) is 71.2 Å². The smallest absolute Gasteiger partial charge is 0.342 e. The number of nitrogens with zero attached hydrogens (tertiary/aromatic N) is 2. The summed E-state index contributed by atoms with van der Waals surface area (Å²) in [6.07, 6.45) is 5.71. The number of hydrogen-bond acceptors (Lipinski definition) is 6. The molecule has 6 heteroatoms. The zero-order chi connectivity index (χ0) is 22.2. The van der Waals surface area contributed by atoms with E-state index in [-0.39, 0.29) is 18.4 Å². The van der Waals surface area contributed by atoms with Crippen LogP contribution < -0.4 is 0 Å². The van der Waals surface area contributed by atoms with E-state index >= 15 is 0 Å². The lowest BCUT2D eigenvalue weighted by Crippen LogP contribution is -2.27. The number of furan rings is 1. The number of aryl methyl sites for hydroxylation is 1. The first-order valence-corrected chi connectivity index (χ1v) is 11.1. The van der Waals surface area contributed by atoms with Gasteiger partial charge in [0.05, 0.1) is 12.6 Å². The number of rotatable bonds is 5. The Morgan fingerprint density at radius 2 is 1.84 bits per heavy atom. The van der Waals surface area contributed by atoms with Crippen LogP contribution >= 0.6 is 0 Å². The second-order valence-electron chi connectivity index (χ2n) is 8.19. The van der Waals surface area contributed by atoms with Crippen LogP contribution in [-0.4, -0.2) is 40.7 Å². The van der Waals surface area contributed by atoms with Gasteiger partial charge >= 0.3 is 5.97 Å². The zero-order valence-electron chi connectivity index (χ0n) is 18.3. The number of fused-ring (bicyclic) bond motifs is 3. The fraction of sp³-hybridized carbons (Fsp3) is 0.308. The molecule has 0 saturated carbocycles. The van der Waals surface area contributed by atoms with E-state index in [1.54, 1.807) is 26.2 Å². The van der Waals surface area contributed by atoms with Gasteiger partial charge in [0.2, 0.25) is 0 Å². The van der Waals surface area contributed by atoms with Crippen molar-refractivity contribution in [1.82, 2.24) is 9.88 Å². The minimum Gasteiger partial charge on any atom is -0.507 e. The second kappa shape index (κ2) is 8.28. The Hall–Kier alpha value is -3.38. The van der Waals surface area contributed by atoms with Gasteiger partial charge in [0.25, 0.3) is 0 Å². The molecule has 0 aliphatic carbocycles. The summed E-state index contributed by atoms with van der Waals surface area (Å²) >= 11 is 0. The van der Waals surface area contributed by atoms with E-state index in [9.17, 15) is 9.90 Å². The summed E-state index contributed by atoms with van der Waals surface area (Å²) in [6.45, 7) is 5.64. The molecule has 6 nitrogen and oxygen atoms in total. The van der Waals surface area contributed by atoms with E-state index < -0.39 is 5.97 Å². The van der Waals surface area contributed by atoms with Crippen molar-refractivity contribution < 1.29 is 19.1 Å². The summed E-state index contributed by atoms with van der Waals surface area (Å²) in [5, 5.41) is 13.8. The Bertz CT molecular complexity index is 1290. The highest BCUT2D eigenvalue weighted by atomic mass is 16.5. The maximum Gasteiger partial charge on any atom is 0.342 e. The average molecular weight is 431 g/mol. The highest BCUT2D eigenvalue weighted by Gasteiger charge is 2.34. The minimum atomic E-state index is -0.436. The van der Waals surface area contributed by atoms with Crippen molar-refractivity contribution in [2.45, 2.75) is 32.7 Å². The summed E-state index contributed by atoms with van der Waals surface area (Å²) in [7, 11) is 0. The fourth-order valence-corrected chi connectivity index (χ4v) is 4.96. The fourth-order valence-electron chi connectivity index (χ4n) is 4.96. The van der Waals surface area contributed by atoms with E-state index in [4.69, 9.17) is 9.15 Å². The van der Waals surface area contributed by atoms with Crippen LogP contribution in [-0.2, 0) is 4.74 Å². The van der Waals surface area contributed by atoms with Crippen LogP contribution in [0.2, 0.25) is 0 Å². The van der Waals surface area contributed by atoms with Gasteiger partial charge in [0.1, 0.15) is 22.7 Å². The molecular weight excluding hydrogens is 404 g/mol. The molecule has 1 aliphatic rings. The number of carbonyl (C=O) groups is 1. The van der Waals surface area contributed by atoms with E-state index in [0.717, 1.165) is 36.9 Å². The Morgan fingerprint density at radius 1 is 1.16 bits per heavy atom. The Balaban J connectivity index is 1.91. The molecule has 1 N–H and O–H groups in total. The molecule has 1 atom stereocenters. The second-order valence-corrected chi connectivity index (χ2v) is 8.19. The normalized spacial score (nSPS) is 15.4. The molecule has 1 unspecified atom stereocenters. The third kappa shape index (κ3) is 3.22. The third-order valence-corrected chi connectivity index (χ3v) is 6.32. The van der Waals surface area contributed by atoms with E-state index in [1.165, 1.54) is 0 Å². The molecule has 32 heavy (non-hydrogen) atoms. The molecule has 164 valence electrons. The van der Waals surface area contributed by atoms with E-state index in [2.05, 4.69) is 9.88 Å². The van der Waals surface area contributed by atoms with Crippen LogP contribution in [0.1, 0.15) is 53.1 Å². The lowest BCUT2D eigenvalue weighted by Gasteiger charge is -2.30. The third-order valence-electron chi connectivity index (χ3n) is 6.32. The van der Waals surface area contributed by atoms with Crippen molar-refractivity contribution in [3.63, 3.8) is 0 Å². The van der Waals surface area contributed by atoms with Gasteiger partial charge in [-0.15, -0.1) is 0 Å². The number of hydrogen-bond donors (Lipinski definition) is 1. The summed E-state index contributed by atoms with van der Waals surface area (Å²) in [5.74, 6) is 0.230. The zero-order valence-corrected chi connectivity index (χ0v) is 18.3. The van der Waals surface area contributed by atoms with Gasteiger partial charge in [-0.1, -0.05) is 24.3 Å². The number of phenols is 1. The van der Waals surface area contributed by atoms with Crippen molar-refractivity contribution in [3.8, 4) is 5.75 Å². The predicted molar refractivity (Wildman–Crippen MR) is 123 cm³/mol. The molecule has 0 amide bonds. The number of ether oxygens (including phenoxy) is 1. The number of likely N-dealkylation sites (tertiary alicyclic amines) is 1. The Kier molecular flexibility index (Phi) is 5.31. The van der Waals surface area contributed by atoms with Gasteiger partial charge in [0, 0.05) is 34.1 Å². The van der Waals surface area contributed by atoms with Crippen LogP contribution in [0.15, 0.2) is 53.2 Å². The van der Waals surface area contributed by atoms with Crippen LogP contribution in [0, 0.1) is 6.92 Å². The van der Waals surface area contributed by atoms with Gasteiger partial charge in [-0.2, -0.15) is 0 Å². The summed E-state index contributed by atoms with van der Waals surface area (Å²) in [5.41, 5.74) is 2.69. The van der Waals surface area contributed by atoms with Gasteiger partial charge in [-0.05, 0) is 57.5 Å². The van der Waals surface area contributed by atoms with E-state index in [1.807, 2.05) is 36.4 Å². The van der Waals surface area contributed by atoms with Crippen molar-refractivity contribution in [2.75, 3.05) is 19.7 Å². The lowest BCUT2D eigenvalue weighted by molar-refractivity contribution is 0.0526. The average Bonchev–Trinajstić information content (AvgIpc) is 3.45. The van der Waals surface area contributed by atoms with Gasteiger partial charge < -0.3 is 14.3 Å². The molecule has 0 radical (unpaired) electrons. The molecule has 0 bridgehead atoms. The Labute approximate surface area is 186 Å². The number of aromatic hydroxyl groups is 1. The van der Waals surface area contributed by atoms with Crippen molar-refractivity contribution in [2.24, 2.45) is 0 Å². The molecule has 2 aromatic carbocycles. The topological polar surface area (TPSA) is 75.8 Å². The summed E-state index contributed by atoms with van der Waals surface area (Å²) in [4.78, 5) is 19.6. The summed E-state index contributed by atoms with van der Waals surface area (Å²) < 4.78 is 11.6. The largest absolute Gasteiger partial charge is 0.507 e. The molecule has 1 saturated heterocycles. The first-order valence-electron chi connectivity index (χ1n) is 11.1. The SMILES string of the molecule is CCOC(=O)c1c(C)oc2c1c(C(c1ccncc1)N1CCCC1)c(O)c1ccccc12. The molecular formula is C26H26N2O4. The number of pyridine rings is 1. The monoisotopic (exact) mass is 430 g/mol. The van der Waals surface area contributed by atoms with Crippen LogP contribution in [0.5, 0.6) is 5.75 Å².